The summed E-state index contributed by atoms with van der Waals surface area (Å²) in [6.45, 7) is 1.65. The van der Waals surface area contributed by atoms with E-state index in [0.29, 0.717) is 13.0 Å². The molecule has 5 heteroatoms. The second-order valence-corrected chi connectivity index (χ2v) is 5.70. The molecule has 5 nitrogen and oxygen atoms in total. The molecule has 0 bridgehead atoms. The van der Waals surface area contributed by atoms with Crippen LogP contribution in [-0.2, 0) is 16.1 Å². The highest BCUT2D eigenvalue weighted by Crippen LogP contribution is 2.26. The zero-order valence-electron chi connectivity index (χ0n) is 12.0. The number of epoxide rings is 1. The average molecular weight is 291 g/mol. The van der Waals surface area contributed by atoms with Crippen LogP contribution in [0.2, 0.25) is 0 Å². The Labute approximate surface area is 124 Å². The Hall–Kier alpha value is -1.59. The highest BCUT2D eigenvalue weighted by Gasteiger charge is 2.38. The van der Waals surface area contributed by atoms with Gasteiger partial charge >= 0.3 is 6.09 Å². The zero-order valence-corrected chi connectivity index (χ0v) is 12.0. The topological polar surface area (TPSA) is 62.3 Å². The van der Waals surface area contributed by atoms with Crippen LogP contribution in [0.1, 0.15) is 24.8 Å². The van der Waals surface area contributed by atoms with E-state index in [1.807, 2.05) is 30.3 Å². The lowest BCUT2D eigenvalue weighted by atomic mass is 10.0. The third-order valence-electron chi connectivity index (χ3n) is 4.09. The van der Waals surface area contributed by atoms with Gasteiger partial charge in [-0.15, -0.1) is 0 Å². The second-order valence-electron chi connectivity index (χ2n) is 5.70. The number of ether oxygens (including phenoxy) is 2. The monoisotopic (exact) mass is 291 g/mol. The first kappa shape index (κ1) is 14.4. The van der Waals surface area contributed by atoms with Gasteiger partial charge in [0.1, 0.15) is 6.61 Å². The Balaban J connectivity index is 1.52. The molecule has 1 amide bonds. The SMILES string of the molecule is O=C(OCc1ccccc1)N1CCC[C@H]1C(O)CC1CO1. The molecule has 2 aliphatic heterocycles. The maximum absolute atomic E-state index is 12.2. The van der Waals surface area contributed by atoms with Crippen LogP contribution < -0.4 is 0 Å². The fourth-order valence-electron chi connectivity index (χ4n) is 2.85. The Morgan fingerprint density at radius 1 is 1.43 bits per heavy atom. The number of rotatable bonds is 5. The van der Waals surface area contributed by atoms with Gasteiger partial charge in [0, 0.05) is 13.0 Å². The van der Waals surface area contributed by atoms with Crippen molar-refractivity contribution < 1.29 is 19.4 Å². The Kier molecular flexibility index (Phi) is 4.41. The summed E-state index contributed by atoms with van der Waals surface area (Å²) in [5.74, 6) is 0. The van der Waals surface area contributed by atoms with Gasteiger partial charge < -0.3 is 19.5 Å². The van der Waals surface area contributed by atoms with Crippen molar-refractivity contribution in [2.45, 2.75) is 44.1 Å². The molecule has 0 spiro atoms. The van der Waals surface area contributed by atoms with Gasteiger partial charge in [-0.25, -0.2) is 4.79 Å². The number of benzene rings is 1. The summed E-state index contributed by atoms with van der Waals surface area (Å²) in [5, 5.41) is 10.2. The van der Waals surface area contributed by atoms with Crippen LogP contribution in [0.4, 0.5) is 4.79 Å². The van der Waals surface area contributed by atoms with Crippen molar-refractivity contribution in [2.24, 2.45) is 0 Å². The maximum atomic E-state index is 12.2. The van der Waals surface area contributed by atoms with Gasteiger partial charge in [-0.3, -0.25) is 0 Å². The zero-order chi connectivity index (χ0) is 14.7. The summed E-state index contributed by atoms with van der Waals surface area (Å²) in [4.78, 5) is 13.9. The molecule has 2 unspecified atom stereocenters. The number of aliphatic hydroxyl groups is 1. The molecule has 21 heavy (non-hydrogen) atoms. The molecule has 0 radical (unpaired) electrons. The summed E-state index contributed by atoms with van der Waals surface area (Å²) in [6, 6.07) is 9.47. The van der Waals surface area contributed by atoms with Crippen molar-refractivity contribution in [1.29, 1.82) is 0 Å². The summed E-state index contributed by atoms with van der Waals surface area (Å²) >= 11 is 0. The van der Waals surface area contributed by atoms with Crippen LogP contribution in [-0.4, -0.2) is 47.5 Å². The summed E-state index contributed by atoms with van der Waals surface area (Å²) in [7, 11) is 0. The van der Waals surface area contributed by atoms with Gasteiger partial charge in [-0.05, 0) is 18.4 Å². The number of likely N-dealkylation sites (tertiary alicyclic amines) is 1. The number of aliphatic hydroxyl groups excluding tert-OH is 1. The molecule has 1 aromatic rings. The maximum Gasteiger partial charge on any atom is 0.410 e. The van der Waals surface area contributed by atoms with Crippen molar-refractivity contribution in [2.75, 3.05) is 13.2 Å². The Morgan fingerprint density at radius 2 is 2.19 bits per heavy atom. The second kappa shape index (κ2) is 6.45. The minimum Gasteiger partial charge on any atom is -0.445 e. The van der Waals surface area contributed by atoms with E-state index in [0.717, 1.165) is 25.0 Å². The average Bonchev–Trinajstić information content (AvgIpc) is 3.18. The number of nitrogens with zero attached hydrogens (tertiary/aromatic N) is 1. The molecule has 1 N–H and O–H groups in total. The fraction of sp³-hybridized carbons (Fsp3) is 0.562. The van der Waals surface area contributed by atoms with Gasteiger partial charge in [0.05, 0.1) is 24.9 Å². The molecule has 1 aromatic carbocycles. The van der Waals surface area contributed by atoms with E-state index in [9.17, 15) is 9.90 Å². The molecular formula is C16H21NO4. The number of hydrogen-bond acceptors (Lipinski definition) is 4. The van der Waals surface area contributed by atoms with Crippen LogP contribution in [0.5, 0.6) is 0 Å². The first-order valence-corrected chi connectivity index (χ1v) is 7.51. The van der Waals surface area contributed by atoms with Crippen LogP contribution in [0.3, 0.4) is 0 Å². The molecule has 2 saturated heterocycles. The lowest BCUT2D eigenvalue weighted by molar-refractivity contribution is 0.0414. The third kappa shape index (κ3) is 3.74. The predicted molar refractivity (Wildman–Crippen MR) is 76.7 cm³/mol. The molecule has 2 aliphatic rings. The van der Waals surface area contributed by atoms with Crippen molar-refractivity contribution >= 4 is 6.09 Å². The standard InChI is InChI=1S/C16H21NO4/c18-15(9-13-11-20-13)14-7-4-8-17(14)16(19)21-10-12-5-2-1-3-6-12/h1-3,5-6,13-15,18H,4,7-11H2/t13?,14-,15?/m0/s1. The third-order valence-corrected chi connectivity index (χ3v) is 4.09. The molecule has 2 fully saturated rings. The number of carbonyl (C=O) groups is 1. The number of hydrogen-bond donors (Lipinski definition) is 1. The molecule has 114 valence electrons. The van der Waals surface area contributed by atoms with Crippen molar-refractivity contribution in [3.63, 3.8) is 0 Å². The van der Waals surface area contributed by atoms with E-state index in [2.05, 4.69) is 0 Å². The van der Waals surface area contributed by atoms with Crippen LogP contribution in [0.15, 0.2) is 30.3 Å². The smallest absolute Gasteiger partial charge is 0.410 e. The van der Waals surface area contributed by atoms with Gasteiger partial charge in [-0.2, -0.15) is 0 Å². The van der Waals surface area contributed by atoms with E-state index in [1.165, 1.54) is 0 Å². The quantitative estimate of drug-likeness (QED) is 0.842. The number of carbonyl (C=O) groups excluding carboxylic acids is 1. The van der Waals surface area contributed by atoms with Gasteiger partial charge in [0.2, 0.25) is 0 Å². The van der Waals surface area contributed by atoms with Gasteiger partial charge in [0.25, 0.3) is 0 Å². The normalized spacial score (nSPS) is 25.7. The lowest BCUT2D eigenvalue weighted by Crippen LogP contribution is -2.43. The molecule has 3 atom stereocenters. The van der Waals surface area contributed by atoms with E-state index in [-0.39, 0.29) is 24.8 Å². The molecular weight excluding hydrogens is 270 g/mol. The highest BCUT2D eigenvalue weighted by molar-refractivity contribution is 5.68. The molecule has 2 heterocycles. The van der Waals surface area contributed by atoms with E-state index in [4.69, 9.17) is 9.47 Å². The lowest BCUT2D eigenvalue weighted by Gasteiger charge is -2.27. The summed E-state index contributed by atoms with van der Waals surface area (Å²) < 4.78 is 10.5. The van der Waals surface area contributed by atoms with Crippen LogP contribution >= 0.6 is 0 Å². The Bertz CT molecular complexity index is 474. The Morgan fingerprint density at radius 3 is 2.90 bits per heavy atom. The van der Waals surface area contributed by atoms with E-state index in [1.54, 1.807) is 4.90 Å². The molecule has 3 rings (SSSR count). The highest BCUT2D eigenvalue weighted by atomic mass is 16.6. The summed E-state index contributed by atoms with van der Waals surface area (Å²) in [6.07, 6.45) is 1.65. The van der Waals surface area contributed by atoms with Crippen molar-refractivity contribution in [3.8, 4) is 0 Å². The minimum atomic E-state index is -0.524. The van der Waals surface area contributed by atoms with E-state index < -0.39 is 6.10 Å². The van der Waals surface area contributed by atoms with Crippen molar-refractivity contribution in [1.82, 2.24) is 4.90 Å². The molecule has 0 aromatic heterocycles. The molecule has 0 saturated carbocycles. The van der Waals surface area contributed by atoms with E-state index >= 15 is 0 Å². The van der Waals surface area contributed by atoms with Crippen molar-refractivity contribution in [3.05, 3.63) is 35.9 Å². The van der Waals surface area contributed by atoms with Gasteiger partial charge in [-0.1, -0.05) is 30.3 Å². The largest absolute Gasteiger partial charge is 0.445 e. The predicted octanol–water partition coefficient (Wildman–Crippen LogP) is 1.94. The van der Waals surface area contributed by atoms with Crippen LogP contribution in [0.25, 0.3) is 0 Å². The minimum absolute atomic E-state index is 0.141. The molecule has 0 aliphatic carbocycles. The number of amides is 1. The van der Waals surface area contributed by atoms with Gasteiger partial charge in [0.15, 0.2) is 0 Å². The first-order chi connectivity index (χ1) is 10.2. The fourth-order valence-corrected chi connectivity index (χ4v) is 2.85. The summed E-state index contributed by atoms with van der Waals surface area (Å²) in [5.41, 5.74) is 0.966. The first-order valence-electron chi connectivity index (χ1n) is 7.51. The van der Waals surface area contributed by atoms with Crippen LogP contribution in [0, 0.1) is 0 Å².